The molecule has 1 aliphatic rings. The minimum Gasteiger partial charge on any atom is -0.456 e. The van der Waals surface area contributed by atoms with E-state index in [1.807, 2.05) is 12.1 Å². The topological polar surface area (TPSA) is 54.8 Å². The second-order valence-corrected chi connectivity index (χ2v) is 17.3. The van der Waals surface area contributed by atoms with E-state index in [0.29, 0.717) is 5.84 Å². The molecule has 308 valence electrons. The first-order chi connectivity index (χ1) is 32.7. The van der Waals surface area contributed by atoms with Gasteiger partial charge >= 0.3 is 0 Å². The SMILES string of the molecule is c1ccc2cc3c(cc2c1)c1ccc2ccccc2c1n3-c1ccc(C2N=C(c3cccc4ccccc34)N=C(c3cccc4ccccc34)N2)cc1-c1ccc2c(c1)oc1ccccc12. The number of hydrogen-bond acceptors (Lipinski definition) is 4. The van der Waals surface area contributed by atoms with E-state index in [2.05, 4.69) is 216 Å². The average molecular weight is 843 g/mol. The third kappa shape index (κ3) is 5.66. The molecule has 14 rings (SSSR count). The molecule has 2 aromatic heterocycles. The number of hydrogen-bond donors (Lipinski definition) is 1. The van der Waals surface area contributed by atoms with E-state index in [1.54, 1.807) is 0 Å². The quantitative estimate of drug-likeness (QED) is 0.188. The maximum atomic E-state index is 6.58. The number of aliphatic imine (C=N–C) groups is 2. The summed E-state index contributed by atoms with van der Waals surface area (Å²) in [6.07, 6.45) is -0.462. The molecule has 0 bridgehead atoms. The molecule has 0 amide bonds. The van der Waals surface area contributed by atoms with Gasteiger partial charge in [-0.1, -0.05) is 176 Å². The van der Waals surface area contributed by atoms with Crippen LogP contribution in [0, 0.1) is 0 Å². The zero-order valence-corrected chi connectivity index (χ0v) is 35.6. The van der Waals surface area contributed by atoms with Crippen LogP contribution in [-0.2, 0) is 0 Å². The van der Waals surface area contributed by atoms with Crippen LogP contribution in [0.3, 0.4) is 0 Å². The molecule has 5 heteroatoms. The lowest BCUT2D eigenvalue weighted by Gasteiger charge is -2.26. The highest BCUT2D eigenvalue weighted by atomic mass is 16.3. The van der Waals surface area contributed by atoms with Crippen molar-refractivity contribution >= 4 is 98.5 Å². The molecule has 0 saturated heterocycles. The normalized spacial score (nSPS) is 14.2. The molecule has 0 radical (unpaired) electrons. The van der Waals surface area contributed by atoms with Crippen LogP contribution in [0.2, 0.25) is 0 Å². The number of benzene rings is 11. The Bertz CT molecular complexity index is 4220. The smallest absolute Gasteiger partial charge is 0.160 e. The van der Waals surface area contributed by atoms with E-state index in [1.165, 1.54) is 37.8 Å². The second-order valence-electron chi connectivity index (χ2n) is 17.3. The summed E-state index contributed by atoms with van der Waals surface area (Å²) in [6, 6.07) is 78.3. The summed E-state index contributed by atoms with van der Waals surface area (Å²) in [6.45, 7) is 0. The van der Waals surface area contributed by atoms with Crippen LogP contribution in [0.5, 0.6) is 0 Å². The number of para-hydroxylation sites is 1. The van der Waals surface area contributed by atoms with Crippen molar-refractivity contribution in [2.24, 2.45) is 9.98 Å². The van der Waals surface area contributed by atoms with Crippen molar-refractivity contribution in [3.05, 3.63) is 235 Å². The number of nitrogens with one attached hydrogen (secondary N) is 1. The number of aromatic nitrogens is 1. The first kappa shape index (κ1) is 36.7. The first-order valence-corrected chi connectivity index (χ1v) is 22.5. The molecule has 0 fully saturated rings. The van der Waals surface area contributed by atoms with Crippen LogP contribution >= 0.6 is 0 Å². The number of furan rings is 1. The molecule has 1 aliphatic heterocycles. The Balaban J connectivity index is 1.04. The Morgan fingerprint density at radius 1 is 0.409 bits per heavy atom. The van der Waals surface area contributed by atoms with Gasteiger partial charge in [0.15, 0.2) is 5.84 Å². The Morgan fingerprint density at radius 3 is 1.80 bits per heavy atom. The van der Waals surface area contributed by atoms with Crippen molar-refractivity contribution in [2.45, 2.75) is 6.17 Å². The lowest BCUT2D eigenvalue weighted by Crippen LogP contribution is -2.33. The zero-order chi connectivity index (χ0) is 43.3. The Morgan fingerprint density at radius 2 is 1.02 bits per heavy atom. The highest BCUT2D eigenvalue weighted by molar-refractivity contribution is 6.22. The summed E-state index contributed by atoms with van der Waals surface area (Å²) < 4.78 is 9.07. The van der Waals surface area contributed by atoms with Gasteiger partial charge in [-0.25, -0.2) is 9.98 Å². The van der Waals surface area contributed by atoms with Gasteiger partial charge in [-0.2, -0.15) is 0 Å². The van der Waals surface area contributed by atoms with E-state index in [9.17, 15) is 0 Å². The second kappa shape index (κ2) is 14.4. The monoisotopic (exact) mass is 842 g/mol. The van der Waals surface area contributed by atoms with Gasteiger partial charge in [0.05, 0.1) is 16.7 Å². The van der Waals surface area contributed by atoms with Crippen LogP contribution in [-0.4, -0.2) is 16.2 Å². The molecule has 1 unspecified atom stereocenters. The summed E-state index contributed by atoms with van der Waals surface area (Å²) in [5.74, 6) is 1.47. The van der Waals surface area contributed by atoms with Gasteiger partial charge in [0.2, 0.25) is 0 Å². The van der Waals surface area contributed by atoms with Crippen LogP contribution in [0.1, 0.15) is 22.9 Å². The molecule has 0 aliphatic carbocycles. The van der Waals surface area contributed by atoms with Gasteiger partial charge in [-0.05, 0) is 91.3 Å². The molecule has 0 saturated carbocycles. The fraction of sp³-hybridized carbons (Fsp3) is 0.0164. The van der Waals surface area contributed by atoms with E-state index < -0.39 is 6.17 Å². The van der Waals surface area contributed by atoms with E-state index in [-0.39, 0.29) is 0 Å². The summed E-state index contributed by atoms with van der Waals surface area (Å²) in [7, 11) is 0. The third-order valence-corrected chi connectivity index (χ3v) is 13.6. The van der Waals surface area contributed by atoms with Gasteiger partial charge in [0, 0.05) is 43.6 Å². The molecule has 3 heterocycles. The predicted octanol–water partition coefficient (Wildman–Crippen LogP) is 15.5. The molecular weight excluding hydrogens is 805 g/mol. The largest absolute Gasteiger partial charge is 0.456 e. The lowest BCUT2D eigenvalue weighted by atomic mass is 9.97. The van der Waals surface area contributed by atoms with Crippen LogP contribution in [0.4, 0.5) is 0 Å². The number of fused-ring (bicyclic) bond motifs is 11. The lowest BCUT2D eigenvalue weighted by molar-refractivity contribution is 0.669. The maximum Gasteiger partial charge on any atom is 0.160 e. The van der Waals surface area contributed by atoms with Crippen molar-refractivity contribution < 1.29 is 4.42 Å². The fourth-order valence-electron chi connectivity index (χ4n) is 10.5. The van der Waals surface area contributed by atoms with Crippen molar-refractivity contribution in [2.75, 3.05) is 0 Å². The van der Waals surface area contributed by atoms with Gasteiger partial charge in [0.1, 0.15) is 23.2 Å². The molecule has 11 aromatic carbocycles. The average Bonchev–Trinajstić information content (AvgIpc) is 3.92. The Hall–Kier alpha value is -8.80. The zero-order valence-electron chi connectivity index (χ0n) is 35.6. The predicted molar refractivity (Wildman–Crippen MR) is 275 cm³/mol. The number of nitrogens with zero attached hydrogens (tertiary/aromatic N) is 3. The Kier molecular flexibility index (Phi) is 7.98. The molecule has 66 heavy (non-hydrogen) atoms. The highest BCUT2D eigenvalue weighted by Crippen LogP contribution is 2.43. The van der Waals surface area contributed by atoms with Crippen LogP contribution in [0.25, 0.3) is 104 Å². The van der Waals surface area contributed by atoms with Crippen molar-refractivity contribution in [1.82, 2.24) is 9.88 Å². The minimum atomic E-state index is -0.462. The van der Waals surface area contributed by atoms with Crippen LogP contribution < -0.4 is 5.32 Å². The van der Waals surface area contributed by atoms with E-state index >= 15 is 0 Å². The molecule has 5 nitrogen and oxygen atoms in total. The summed E-state index contributed by atoms with van der Waals surface area (Å²) >= 11 is 0. The van der Waals surface area contributed by atoms with Gasteiger partial charge in [0.25, 0.3) is 0 Å². The Labute approximate surface area is 379 Å². The van der Waals surface area contributed by atoms with Gasteiger partial charge < -0.3 is 14.3 Å². The van der Waals surface area contributed by atoms with E-state index in [4.69, 9.17) is 14.4 Å². The van der Waals surface area contributed by atoms with Crippen molar-refractivity contribution in [3.63, 3.8) is 0 Å². The maximum absolute atomic E-state index is 6.58. The fourth-order valence-corrected chi connectivity index (χ4v) is 10.5. The summed E-state index contributed by atoms with van der Waals surface area (Å²) in [5.41, 5.74) is 10.3. The summed E-state index contributed by atoms with van der Waals surface area (Å²) in [4.78, 5) is 10.9. The minimum absolute atomic E-state index is 0.462. The molecule has 13 aromatic rings. The molecule has 0 spiro atoms. The molecular formula is C61H38N4O. The first-order valence-electron chi connectivity index (χ1n) is 22.5. The third-order valence-electron chi connectivity index (χ3n) is 13.6. The van der Waals surface area contributed by atoms with Crippen molar-refractivity contribution in [1.29, 1.82) is 0 Å². The number of rotatable bonds is 5. The number of amidine groups is 2. The molecule has 1 N–H and O–H groups in total. The van der Waals surface area contributed by atoms with Crippen LogP contribution in [0.15, 0.2) is 233 Å². The van der Waals surface area contributed by atoms with Gasteiger partial charge in [-0.3, -0.25) is 0 Å². The summed E-state index contributed by atoms with van der Waals surface area (Å²) in [5, 5.41) is 17.8. The van der Waals surface area contributed by atoms with Gasteiger partial charge in [-0.15, -0.1) is 0 Å². The van der Waals surface area contributed by atoms with E-state index in [0.717, 1.165) is 88.3 Å². The standard InChI is InChI=1S/C61H38N4O/c1-2-17-41-35-55-53(33-40(41)16-1)49-31-27-39-15-5-8-22-46(39)58(49)65(55)54-32-29-43(34-52(54)42-28-30-48-47-23-9-10-26-56(47)66-57(48)36-42)59-62-60(50-24-11-18-37-13-3-6-20-44(37)50)64-61(63-59)51-25-12-19-38-14-4-7-21-45(38)51/h1-36,59H,(H,62,63,64). The molecule has 1 atom stereocenters. The van der Waals surface area contributed by atoms with Crippen molar-refractivity contribution in [3.8, 4) is 16.8 Å². The highest BCUT2D eigenvalue weighted by Gasteiger charge is 2.26.